The lowest BCUT2D eigenvalue weighted by Crippen LogP contribution is -2.02. The Balaban J connectivity index is 2.82. The molecule has 0 heterocycles. The molecule has 0 saturated heterocycles. The quantitative estimate of drug-likeness (QED) is 0.839. The molecule has 0 aromatic heterocycles. The van der Waals surface area contributed by atoms with Crippen molar-refractivity contribution in [2.75, 3.05) is 0 Å². The third-order valence-electron chi connectivity index (χ3n) is 2.65. The monoisotopic (exact) mass is 244 g/mol. The van der Waals surface area contributed by atoms with E-state index in [4.69, 9.17) is 11.6 Å². The highest BCUT2D eigenvalue weighted by Gasteiger charge is 2.14. The average Bonchev–Trinajstić information content (AvgIpc) is 2.20. The Morgan fingerprint density at radius 3 is 2.50 bits per heavy atom. The van der Waals surface area contributed by atoms with Crippen LogP contribution in [0.25, 0.3) is 0 Å². The van der Waals surface area contributed by atoms with Crippen LogP contribution >= 0.6 is 11.6 Å². The van der Waals surface area contributed by atoms with Crippen LogP contribution in [0.4, 0.5) is 4.39 Å². The smallest absolute Gasteiger partial charge is 0.127 e. The highest BCUT2D eigenvalue weighted by atomic mass is 35.5. The molecule has 0 bridgehead atoms. The van der Waals surface area contributed by atoms with E-state index in [1.54, 1.807) is 13.0 Å². The summed E-state index contributed by atoms with van der Waals surface area (Å²) in [6, 6.07) is 2.90. The van der Waals surface area contributed by atoms with Crippen LogP contribution in [0.1, 0.15) is 43.9 Å². The first-order chi connectivity index (χ1) is 7.41. The molecule has 1 aromatic rings. The molecule has 1 N–H and O–H groups in total. The molecule has 0 amide bonds. The van der Waals surface area contributed by atoms with E-state index in [0.717, 1.165) is 6.42 Å². The molecule has 0 fully saturated rings. The van der Waals surface area contributed by atoms with Crippen LogP contribution in [0.2, 0.25) is 5.02 Å². The molecular weight excluding hydrogens is 227 g/mol. The molecule has 1 rings (SSSR count). The van der Waals surface area contributed by atoms with Crippen molar-refractivity contribution < 1.29 is 9.50 Å². The van der Waals surface area contributed by atoms with Gasteiger partial charge in [0.2, 0.25) is 0 Å². The van der Waals surface area contributed by atoms with Crippen LogP contribution in [0.15, 0.2) is 12.1 Å². The van der Waals surface area contributed by atoms with Gasteiger partial charge in [-0.3, -0.25) is 0 Å². The largest absolute Gasteiger partial charge is 0.388 e. The Kier molecular flexibility index (Phi) is 4.75. The summed E-state index contributed by atoms with van der Waals surface area (Å²) in [6.45, 7) is 5.87. The first-order valence-electron chi connectivity index (χ1n) is 5.55. The Morgan fingerprint density at radius 1 is 1.31 bits per heavy atom. The second-order valence-electron chi connectivity index (χ2n) is 4.61. The number of hydrogen-bond acceptors (Lipinski definition) is 1. The molecule has 0 spiro atoms. The highest BCUT2D eigenvalue weighted by Crippen LogP contribution is 2.29. The number of aryl methyl sites for hydroxylation is 1. The zero-order valence-corrected chi connectivity index (χ0v) is 10.7. The van der Waals surface area contributed by atoms with Crippen molar-refractivity contribution >= 4 is 11.6 Å². The minimum absolute atomic E-state index is 0.305. The van der Waals surface area contributed by atoms with E-state index < -0.39 is 6.10 Å². The fourth-order valence-corrected chi connectivity index (χ4v) is 1.86. The molecule has 3 heteroatoms. The van der Waals surface area contributed by atoms with Crippen LogP contribution in [-0.2, 0) is 0 Å². The molecule has 0 aliphatic carbocycles. The number of rotatable bonds is 4. The maximum atomic E-state index is 13.2. The highest BCUT2D eigenvalue weighted by molar-refractivity contribution is 6.31. The van der Waals surface area contributed by atoms with Crippen molar-refractivity contribution in [3.8, 4) is 0 Å². The Bertz CT molecular complexity index is 363. The van der Waals surface area contributed by atoms with Gasteiger partial charge >= 0.3 is 0 Å². The summed E-state index contributed by atoms with van der Waals surface area (Å²) in [5.74, 6) is 0.208. The van der Waals surface area contributed by atoms with E-state index >= 15 is 0 Å². The van der Waals surface area contributed by atoms with Crippen LogP contribution in [0.3, 0.4) is 0 Å². The molecule has 90 valence electrons. The van der Waals surface area contributed by atoms with Crippen molar-refractivity contribution in [3.63, 3.8) is 0 Å². The molecule has 0 aliphatic rings. The number of hydrogen-bond donors (Lipinski definition) is 1. The van der Waals surface area contributed by atoms with Crippen LogP contribution in [-0.4, -0.2) is 5.11 Å². The van der Waals surface area contributed by atoms with E-state index in [1.807, 2.05) is 0 Å². The first-order valence-corrected chi connectivity index (χ1v) is 5.93. The van der Waals surface area contributed by atoms with Gasteiger partial charge in [-0.25, -0.2) is 4.39 Å². The molecule has 16 heavy (non-hydrogen) atoms. The van der Waals surface area contributed by atoms with Gasteiger partial charge in [-0.1, -0.05) is 25.4 Å². The number of aliphatic hydroxyl groups is 1. The van der Waals surface area contributed by atoms with Crippen molar-refractivity contribution in [2.45, 2.75) is 39.7 Å². The van der Waals surface area contributed by atoms with E-state index in [1.165, 1.54) is 6.07 Å². The lowest BCUT2D eigenvalue weighted by Gasteiger charge is -2.15. The lowest BCUT2D eigenvalue weighted by atomic mass is 9.98. The third kappa shape index (κ3) is 3.46. The van der Waals surface area contributed by atoms with E-state index in [9.17, 15) is 9.50 Å². The van der Waals surface area contributed by atoms with Gasteiger partial charge in [0.1, 0.15) is 5.82 Å². The zero-order valence-electron chi connectivity index (χ0n) is 9.93. The van der Waals surface area contributed by atoms with Crippen LogP contribution < -0.4 is 0 Å². The normalized spacial score (nSPS) is 13.2. The first kappa shape index (κ1) is 13.5. The maximum absolute atomic E-state index is 13.2. The van der Waals surface area contributed by atoms with Crippen LogP contribution in [0.5, 0.6) is 0 Å². The van der Waals surface area contributed by atoms with Crippen molar-refractivity contribution in [3.05, 3.63) is 34.1 Å². The van der Waals surface area contributed by atoms with Crippen molar-refractivity contribution in [1.82, 2.24) is 0 Å². The Morgan fingerprint density at radius 2 is 1.94 bits per heavy atom. The molecule has 0 radical (unpaired) electrons. The van der Waals surface area contributed by atoms with Gasteiger partial charge in [0.25, 0.3) is 0 Å². The number of aliphatic hydroxyl groups excluding tert-OH is 1. The summed E-state index contributed by atoms with van der Waals surface area (Å²) in [5, 5.41) is 10.3. The van der Waals surface area contributed by atoms with Gasteiger partial charge in [0.15, 0.2) is 0 Å². The summed E-state index contributed by atoms with van der Waals surface area (Å²) in [4.78, 5) is 0. The van der Waals surface area contributed by atoms with Gasteiger partial charge in [-0.05, 0) is 48.9 Å². The van der Waals surface area contributed by atoms with Crippen molar-refractivity contribution in [1.29, 1.82) is 0 Å². The fourth-order valence-electron chi connectivity index (χ4n) is 1.58. The maximum Gasteiger partial charge on any atom is 0.127 e. The predicted octanol–water partition coefficient (Wildman–Crippen LogP) is 4.26. The summed E-state index contributed by atoms with van der Waals surface area (Å²) in [7, 11) is 0. The molecule has 0 aliphatic heterocycles. The average molecular weight is 245 g/mol. The number of halogens is 2. The molecule has 0 saturated carbocycles. The number of benzene rings is 1. The zero-order chi connectivity index (χ0) is 12.3. The molecular formula is C13H18ClFO. The van der Waals surface area contributed by atoms with Gasteiger partial charge in [0.05, 0.1) is 6.10 Å². The third-order valence-corrected chi connectivity index (χ3v) is 2.98. The van der Waals surface area contributed by atoms with E-state index in [-0.39, 0.29) is 5.82 Å². The second-order valence-corrected chi connectivity index (χ2v) is 5.02. The van der Waals surface area contributed by atoms with Gasteiger partial charge < -0.3 is 5.11 Å². The molecule has 1 aromatic carbocycles. The topological polar surface area (TPSA) is 20.2 Å². The summed E-state index contributed by atoms with van der Waals surface area (Å²) in [5.41, 5.74) is 1.14. The Hall–Kier alpha value is -0.600. The van der Waals surface area contributed by atoms with E-state index in [2.05, 4.69) is 13.8 Å². The van der Waals surface area contributed by atoms with Gasteiger partial charge in [0, 0.05) is 5.02 Å². The minimum Gasteiger partial charge on any atom is -0.388 e. The molecule has 1 unspecified atom stereocenters. The Labute approximate surface area is 101 Å². The molecule has 1 nitrogen and oxygen atoms in total. The van der Waals surface area contributed by atoms with Crippen molar-refractivity contribution in [2.24, 2.45) is 5.92 Å². The van der Waals surface area contributed by atoms with E-state index in [0.29, 0.717) is 28.5 Å². The standard InChI is InChI=1S/C13H18ClFO/c1-8(2)4-5-13(16)10-6-9(3)12(15)7-11(10)14/h6-8,13,16H,4-5H2,1-3H3. The minimum atomic E-state index is -0.603. The second kappa shape index (κ2) is 5.65. The summed E-state index contributed by atoms with van der Waals surface area (Å²) in [6.07, 6.45) is 0.977. The SMILES string of the molecule is Cc1cc(C(O)CCC(C)C)c(Cl)cc1F. The van der Waals surface area contributed by atoms with Gasteiger partial charge in [-0.2, -0.15) is 0 Å². The fraction of sp³-hybridized carbons (Fsp3) is 0.538. The molecule has 1 atom stereocenters. The summed E-state index contributed by atoms with van der Waals surface area (Å²) < 4.78 is 13.2. The summed E-state index contributed by atoms with van der Waals surface area (Å²) >= 11 is 5.91. The van der Waals surface area contributed by atoms with Crippen LogP contribution in [0, 0.1) is 18.7 Å². The van der Waals surface area contributed by atoms with Gasteiger partial charge in [-0.15, -0.1) is 0 Å². The predicted molar refractivity (Wildman–Crippen MR) is 65.2 cm³/mol. The lowest BCUT2D eigenvalue weighted by molar-refractivity contribution is 0.159.